The minimum absolute atomic E-state index is 0.0360. The molecule has 1 fully saturated rings. The molecule has 1 aliphatic heterocycles. The van der Waals surface area contributed by atoms with Gasteiger partial charge in [0.1, 0.15) is 6.61 Å². The number of nitrogens with zero attached hydrogens (tertiary/aromatic N) is 1. The predicted octanol–water partition coefficient (Wildman–Crippen LogP) is 4.37. The van der Waals surface area contributed by atoms with E-state index in [4.69, 9.17) is 9.16 Å². The van der Waals surface area contributed by atoms with Gasteiger partial charge in [-0.2, -0.15) is 0 Å². The normalized spacial score (nSPS) is 18.9. The van der Waals surface area contributed by atoms with E-state index in [9.17, 15) is 14.7 Å². The first-order valence-corrected chi connectivity index (χ1v) is 14.9. The average molecular weight is 524 g/mol. The third-order valence-electron chi connectivity index (χ3n) is 7.38. The van der Waals surface area contributed by atoms with Gasteiger partial charge in [0.15, 0.2) is 0 Å². The SMILES string of the molecule is C=C[C@@H](C(=O)N1C(=O)OC[C@H]1C(C)C)[C@@H](O)[C@H](C)CO[Si](c1ccccc1)(c1ccccc1)C(C)(C)C. The summed E-state index contributed by atoms with van der Waals surface area (Å²) in [4.78, 5) is 26.9. The number of aliphatic hydroxyl groups is 1. The van der Waals surface area contributed by atoms with Crippen molar-refractivity contribution in [3.8, 4) is 0 Å². The van der Waals surface area contributed by atoms with E-state index in [1.54, 1.807) is 0 Å². The smallest absolute Gasteiger partial charge is 0.417 e. The predicted molar refractivity (Wildman–Crippen MR) is 149 cm³/mol. The molecule has 37 heavy (non-hydrogen) atoms. The number of benzene rings is 2. The molecule has 1 heterocycles. The molecular formula is C30H41NO5Si. The van der Waals surface area contributed by atoms with Crippen LogP contribution in [0.1, 0.15) is 41.5 Å². The molecule has 2 aromatic rings. The maximum absolute atomic E-state index is 13.4. The van der Waals surface area contributed by atoms with Crippen molar-refractivity contribution in [2.24, 2.45) is 17.8 Å². The molecule has 4 atom stereocenters. The number of hydrogen-bond acceptors (Lipinski definition) is 5. The van der Waals surface area contributed by atoms with Crippen molar-refractivity contribution in [2.45, 2.75) is 58.7 Å². The van der Waals surface area contributed by atoms with Crippen LogP contribution in [0.25, 0.3) is 0 Å². The molecule has 0 bridgehead atoms. The largest absolute Gasteiger partial charge is 0.447 e. The quantitative estimate of drug-likeness (QED) is 0.370. The second kappa shape index (κ2) is 11.8. The zero-order chi connectivity index (χ0) is 27.4. The lowest BCUT2D eigenvalue weighted by atomic mass is 9.90. The summed E-state index contributed by atoms with van der Waals surface area (Å²) in [5.74, 6) is -1.80. The monoisotopic (exact) mass is 523 g/mol. The van der Waals surface area contributed by atoms with Gasteiger partial charge < -0.3 is 14.3 Å². The minimum atomic E-state index is -2.80. The van der Waals surface area contributed by atoms with Gasteiger partial charge in [-0.3, -0.25) is 4.79 Å². The molecular weight excluding hydrogens is 482 g/mol. The molecule has 6 nitrogen and oxygen atoms in total. The van der Waals surface area contributed by atoms with Gasteiger partial charge in [0.2, 0.25) is 5.91 Å². The zero-order valence-electron chi connectivity index (χ0n) is 22.9. The van der Waals surface area contributed by atoms with Crippen LogP contribution < -0.4 is 10.4 Å². The van der Waals surface area contributed by atoms with Crippen molar-refractivity contribution < 1.29 is 23.9 Å². The highest BCUT2D eigenvalue weighted by Crippen LogP contribution is 2.37. The van der Waals surface area contributed by atoms with Crippen LogP contribution in [0, 0.1) is 17.8 Å². The summed E-state index contributed by atoms with van der Waals surface area (Å²) in [6.45, 7) is 16.5. The van der Waals surface area contributed by atoms with Crippen LogP contribution >= 0.6 is 0 Å². The van der Waals surface area contributed by atoms with Gasteiger partial charge in [-0.15, -0.1) is 6.58 Å². The number of carbonyl (C=O) groups is 2. The molecule has 0 spiro atoms. The Balaban J connectivity index is 1.90. The Bertz CT molecular complexity index is 1030. The first-order valence-electron chi connectivity index (χ1n) is 13.0. The number of amides is 2. The molecule has 7 heteroatoms. The Morgan fingerprint density at radius 2 is 1.62 bits per heavy atom. The maximum Gasteiger partial charge on any atom is 0.417 e. The zero-order valence-corrected chi connectivity index (χ0v) is 23.9. The number of rotatable bonds is 10. The highest BCUT2D eigenvalue weighted by molar-refractivity contribution is 6.99. The fourth-order valence-corrected chi connectivity index (χ4v) is 9.87. The van der Waals surface area contributed by atoms with Gasteiger partial charge in [0.25, 0.3) is 8.32 Å². The molecule has 0 saturated carbocycles. The van der Waals surface area contributed by atoms with Gasteiger partial charge in [0.05, 0.1) is 18.1 Å². The fraction of sp³-hybridized carbons (Fsp3) is 0.467. The molecule has 200 valence electrons. The number of carbonyl (C=O) groups excluding carboxylic acids is 2. The Hall–Kier alpha value is -2.74. The van der Waals surface area contributed by atoms with E-state index >= 15 is 0 Å². The van der Waals surface area contributed by atoms with Crippen molar-refractivity contribution >= 4 is 30.7 Å². The van der Waals surface area contributed by atoms with Crippen LogP contribution in [0.15, 0.2) is 73.3 Å². The number of ether oxygens (including phenoxy) is 1. The Morgan fingerprint density at radius 1 is 1.11 bits per heavy atom. The molecule has 0 radical (unpaired) electrons. The van der Waals surface area contributed by atoms with Crippen molar-refractivity contribution in [3.05, 3.63) is 73.3 Å². The first-order chi connectivity index (χ1) is 17.5. The van der Waals surface area contributed by atoms with Crippen LogP contribution in [-0.2, 0) is 14.0 Å². The molecule has 0 unspecified atom stereocenters. The molecule has 0 aliphatic carbocycles. The topological polar surface area (TPSA) is 76.1 Å². The molecule has 1 N–H and O–H groups in total. The minimum Gasteiger partial charge on any atom is -0.447 e. The molecule has 0 aromatic heterocycles. The van der Waals surface area contributed by atoms with Crippen LogP contribution in [0.5, 0.6) is 0 Å². The summed E-state index contributed by atoms with van der Waals surface area (Å²) >= 11 is 0. The summed E-state index contributed by atoms with van der Waals surface area (Å²) < 4.78 is 12.1. The second-order valence-corrected chi connectivity index (χ2v) is 15.6. The van der Waals surface area contributed by atoms with Crippen LogP contribution in [0.4, 0.5) is 4.79 Å². The van der Waals surface area contributed by atoms with E-state index in [2.05, 4.69) is 51.6 Å². The number of hydrogen-bond donors (Lipinski definition) is 1. The first kappa shape index (κ1) is 28.8. The Labute approximate surface area is 222 Å². The van der Waals surface area contributed by atoms with Gasteiger partial charge in [-0.05, 0) is 21.3 Å². The lowest BCUT2D eigenvalue weighted by molar-refractivity contribution is -0.137. The summed E-state index contributed by atoms with van der Waals surface area (Å²) in [5.41, 5.74) is 0. The van der Waals surface area contributed by atoms with E-state index in [-0.39, 0.29) is 30.2 Å². The number of cyclic esters (lactones) is 1. The molecule has 1 saturated heterocycles. The van der Waals surface area contributed by atoms with Crippen molar-refractivity contribution in [1.82, 2.24) is 4.90 Å². The standard InChI is InChI=1S/C30H41NO5Si/c1-8-25(28(33)31-26(21(2)3)20-35-29(31)34)27(32)22(4)19-36-37(30(5,6)7,23-15-11-9-12-16-23)24-17-13-10-14-18-24/h8-18,21-22,25-27,32H,1,19-20H2,2-7H3/t22-,25-,26+,27+/m1/s1. The van der Waals surface area contributed by atoms with Crippen LogP contribution in [-0.4, -0.2) is 55.7 Å². The molecule has 2 amide bonds. The summed E-state index contributed by atoms with van der Waals surface area (Å²) in [6, 6.07) is 20.2. The van der Waals surface area contributed by atoms with Crippen LogP contribution in [0.2, 0.25) is 5.04 Å². The number of aliphatic hydroxyl groups excluding tert-OH is 1. The molecule has 1 aliphatic rings. The Kier molecular flexibility index (Phi) is 9.16. The highest BCUT2D eigenvalue weighted by Gasteiger charge is 2.51. The van der Waals surface area contributed by atoms with E-state index in [1.165, 1.54) is 6.08 Å². The third-order valence-corrected chi connectivity index (χ3v) is 12.4. The fourth-order valence-electron chi connectivity index (χ4n) is 5.20. The third kappa shape index (κ3) is 5.74. The average Bonchev–Trinajstić information content (AvgIpc) is 3.26. The Morgan fingerprint density at radius 3 is 2.05 bits per heavy atom. The van der Waals surface area contributed by atoms with E-state index in [1.807, 2.05) is 57.2 Å². The second-order valence-electron chi connectivity index (χ2n) is 11.3. The van der Waals surface area contributed by atoms with Crippen LogP contribution in [0.3, 0.4) is 0 Å². The van der Waals surface area contributed by atoms with E-state index < -0.39 is 38.3 Å². The number of imide groups is 1. The molecule has 3 rings (SSSR count). The van der Waals surface area contributed by atoms with Gasteiger partial charge in [-0.1, -0.05) is 108 Å². The summed E-state index contributed by atoms with van der Waals surface area (Å²) in [7, 11) is -2.80. The van der Waals surface area contributed by atoms with Gasteiger partial charge in [0, 0.05) is 12.5 Å². The van der Waals surface area contributed by atoms with E-state index in [0.717, 1.165) is 15.3 Å². The maximum atomic E-state index is 13.4. The lowest BCUT2D eigenvalue weighted by Crippen LogP contribution is -2.67. The lowest BCUT2D eigenvalue weighted by Gasteiger charge is -2.44. The van der Waals surface area contributed by atoms with Crippen molar-refractivity contribution in [2.75, 3.05) is 13.2 Å². The van der Waals surface area contributed by atoms with Crippen molar-refractivity contribution in [3.63, 3.8) is 0 Å². The summed E-state index contributed by atoms with van der Waals surface area (Å²) in [6.07, 6.45) is -0.321. The van der Waals surface area contributed by atoms with E-state index in [0.29, 0.717) is 0 Å². The summed E-state index contributed by atoms with van der Waals surface area (Å²) in [5, 5.41) is 13.4. The van der Waals surface area contributed by atoms with Crippen molar-refractivity contribution in [1.29, 1.82) is 0 Å². The molecule has 2 aromatic carbocycles. The van der Waals surface area contributed by atoms with Gasteiger partial charge >= 0.3 is 6.09 Å². The van der Waals surface area contributed by atoms with Gasteiger partial charge in [-0.25, -0.2) is 9.69 Å². The highest BCUT2D eigenvalue weighted by atomic mass is 28.4.